The fourth-order valence-electron chi connectivity index (χ4n) is 17.3. The molecule has 7 unspecified atom stereocenters. The van der Waals surface area contributed by atoms with Gasteiger partial charge in [-0.1, -0.05) is 6.92 Å². The lowest BCUT2D eigenvalue weighted by Gasteiger charge is -2.29. The molecular formula is C72H94N27O34P7S7. The molecule has 0 amide bonds. The highest BCUT2D eigenvalue weighted by molar-refractivity contribution is 8.09. The van der Waals surface area contributed by atoms with Gasteiger partial charge in [0.05, 0.1) is 114 Å². The van der Waals surface area contributed by atoms with Crippen LogP contribution in [0.4, 0.5) is 29.2 Å². The summed E-state index contributed by atoms with van der Waals surface area (Å²) in [6.45, 7) is -29.4. The van der Waals surface area contributed by atoms with Crippen LogP contribution in [0, 0.1) is 20.8 Å². The molecule has 20 N–H and O–H groups in total. The Kier molecular flexibility index (Phi) is 32.7. The maximum atomic E-state index is 13.7. The van der Waals surface area contributed by atoms with Crippen molar-refractivity contribution in [3.05, 3.63) is 142 Å². The lowest BCUT2D eigenvalue weighted by molar-refractivity contribution is -0.0571. The van der Waals surface area contributed by atoms with Crippen LogP contribution in [0.1, 0.15) is 119 Å². The summed E-state index contributed by atoms with van der Waals surface area (Å²) in [5, 5.41) is 0. The molecule has 7 aliphatic rings. The second-order valence-corrected chi connectivity index (χ2v) is 53.8. The Morgan fingerprint density at radius 2 is 0.599 bits per heavy atom. The first-order valence-electron chi connectivity index (χ1n) is 44.1. The van der Waals surface area contributed by atoms with Crippen LogP contribution in [0.2, 0.25) is 0 Å². The Hall–Kier alpha value is -7.33. The van der Waals surface area contributed by atoms with E-state index in [0.717, 1.165) is 16.2 Å². The maximum Gasteiger partial charge on any atom is 0.351 e. The second kappa shape index (κ2) is 43.9. The van der Waals surface area contributed by atoms with Crippen LogP contribution in [-0.2, 0) is 179 Å². The van der Waals surface area contributed by atoms with Crippen LogP contribution in [0.15, 0.2) is 91.6 Å². The normalized spacial score (nSPS) is 29.4. The molecule has 147 heavy (non-hydrogen) atoms. The lowest BCUT2D eigenvalue weighted by Crippen LogP contribution is -2.33. The number of nitrogens with zero attached hydrogens (tertiary/aromatic N) is 19. The molecule has 28 atom stereocenters. The van der Waals surface area contributed by atoms with Crippen LogP contribution in [0.25, 0.3) is 44.7 Å². The van der Waals surface area contributed by atoms with Crippen molar-refractivity contribution in [3.8, 4) is 0 Å². The number of rotatable bonds is 41. The third-order valence-electron chi connectivity index (χ3n) is 24.4. The van der Waals surface area contributed by atoms with Gasteiger partial charge in [-0.2, -0.15) is 9.97 Å². The van der Waals surface area contributed by atoms with Crippen molar-refractivity contribution in [1.82, 2.24) is 107 Å². The van der Waals surface area contributed by atoms with Crippen molar-refractivity contribution < 1.29 is 131 Å². The molecular weight excluding hydrogens is 2230 g/mol. The third kappa shape index (κ3) is 24.9. The topological polar surface area (TPSA) is 805 Å². The number of aromatic nitrogens is 22. The van der Waals surface area contributed by atoms with Gasteiger partial charge in [-0.15, -0.1) is 0 Å². The third-order valence-corrected chi connectivity index (χ3v) is 35.7. The fourth-order valence-corrected chi connectivity index (χ4v) is 27.2. The van der Waals surface area contributed by atoms with Gasteiger partial charge in [0.1, 0.15) is 122 Å². The fraction of sp³-hybridized carbons (Fsp3) is 0.556. The second-order valence-electron chi connectivity index (χ2n) is 34.2. The zero-order valence-corrected chi connectivity index (χ0v) is 88.8. The van der Waals surface area contributed by atoms with Gasteiger partial charge >= 0.3 is 64.1 Å². The number of imidazole rings is 4. The van der Waals surface area contributed by atoms with Gasteiger partial charge in [-0.3, -0.25) is 61.3 Å². The van der Waals surface area contributed by atoms with E-state index in [0.29, 0.717) is 12.0 Å². The number of fused-ring (bicyclic) bond motifs is 4. The Labute approximate surface area is 861 Å². The Balaban J connectivity index is 0.560. The van der Waals surface area contributed by atoms with Gasteiger partial charge in [0, 0.05) is 87.3 Å². The summed E-state index contributed by atoms with van der Waals surface area (Å²) in [4.78, 5) is 219. The summed E-state index contributed by atoms with van der Waals surface area (Å²) < 4.78 is 138. The van der Waals surface area contributed by atoms with E-state index >= 15 is 0 Å². The van der Waals surface area contributed by atoms with Gasteiger partial charge in [-0.25, -0.2) is 64.2 Å². The molecule has 7 fully saturated rings. The molecule has 11 aromatic heterocycles. The predicted octanol–water partition coefficient (Wildman–Crippen LogP) is 1.22. The van der Waals surface area contributed by atoms with Crippen molar-refractivity contribution in [2.45, 2.75) is 208 Å². The molecule has 0 aliphatic carbocycles. The van der Waals surface area contributed by atoms with E-state index in [1.807, 2.05) is 0 Å². The number of aromatic amines is 3. The summed E-state index contributed by atoms with van der Waals surface area (Å²) in [7, 11) is 1.15. The van der Waals surface area contributed by atoms with Gasteiger partial charge < -0.3 is 159 Å². The molecule has 0 spiro atoms. The van der Waals surface area contributed by atoms with Crippen LogP contribution >= 0.6 is 47.0 Å². The Bertz CT molecular complexity index is 7600. The minimum atomic E-state index is -4.73. The van der Waals surface area contributed by atoms with E-state index in [1.54, 1.807) is 13.8 Å². The quantitative estimate of drug-likeness (QED) is 0.0240. The van der Waals surface area contributed by atoms with Crippen molar-refractivity contribution in [2.75, 3.05) is 75.4 Å². The molecule has 0 bridgehead atoms. The molecule has 75 heteroatoms. The van der Waals surface area contributed by atoms with Gasteiger partial charge in [0.2, 0.25) is 5.95 Å². The Morgan fingerprint density at radius 1 is 0.333 bits per heavy atom. The predicted molar refractivity (Wildman–Crippen MR) is 534 cm³/mol. The summed E-state index contributed by atoms with van der Waals surface area (Å²) >= 11 is 39.3. The summed E-state index contributed by atoms with van der Waals surface area (Å²) in [5.74, 6) is -0.299. The van der Waals surface area contributed by atoms with E-state index in [2.05, 4.69) is 74.8 Å². The monoisotopic (exact) mass is 2320 g/mol. The number of aryl methyl sites for hydroxylation is 3. The highest BCUT2D eigenvalue weighted by atomic mass is 32.5. The highest BCUT2D eigenvalue weighted by Gasteiger charge is 2.52. The highest BCUT2D eigenvalue weighted by Crippen LogP contribution is 2.59. The number of hydrogen-bond donors (Lipinski definition) is 15. The number of nitrogens with two attached hydrogens (primary N) is 5. The van der Waals surface area contributed by atoms with Gasteiger partial charge in [-0.05, 0) is 110 Å². The van der Waals surface area contributed by atoms with Gasteiger partial charge in [0.15, 0.2) is 45.6 Å². The van der Waals surface area contributed by atoms with E-state index in [-0.39, 0.29) is 130 Å². The molecule has 0 radical (unpaired) electrons. The molecule has 18 heterocycles. The first-order valence-corrected chi connectivity index (χ1v) is 62.3. The van der Waals surface area contributed by atoms with Gasteiger partial charge in [0.25, 0.3) is 16.7 Å². The maximum absolute atomic E-state index is 13.7. The van der Waals surface area contributed by atoms with Crippen molar-refractivity contribution in [3.63, 3.8) is 0 Å². The number of ether oxygens (including phenoxy) is 7. The van der Waals surface area contributed by atoms with Crippen LogP contribution < -0.4 is 62.4 Å². The SMILES string of the molecule is CC[C@H]1O[C@@H](n2cc(C)c(=O)[nH]c2=O)C[C@H]1OP(O)(=S)OC[C@H]1O[C@@H](n2cnc3c(N)ncnc32)C[C@H]1OP(O)(=S)OC[C@H]1O[C@@H](n2cc(C)c(N)nc2=O)C[C@H]1OP(O)(=S)OC[C@H]1O[C@@H](n2cnc3c(N)ncnc32)C[C@H]1OP(O)(=S)OC[C@H]1O[C@@H](n2cc(C)c(=O)[nH]c2=O)C[C@H]1OP(O)(=S)OC[C@H]1O[C@@H](n2cnc3c(=O)[nH]c(N)nc32)C[C@H]1OP(O)(=S)OC[C@H]1O[C@@H](n2cnc3c(N)ncnc32)C[C@H]1OP(O)(=S)OC. The van der Waals surface area contributed by atoms with E-state index in [4.69, 9.17) is 208 Å². The molecule has 18 rings (SSSR count). The van der Waals surface area contributed by atoms with Crippen LogP contribution in [0.3, 0.4) is 0 Å². The lowest BCUT2D eigenvalue weighted by atomic mass is 10.1. The zero-order chi connectivity index (χ0) is 105. The van der Waals surface area contributed by atoms with Crippen LogP contribution in [-0.4, -0.2) is 273 Å². The smallest absolute Gasteiger partial charge is 0.351 e. The number of anilines is 5. The van der Waals surface area contributed by atoms with Crippen molar-refractivity contribution >= 4 is 204 Å². The molecule has 7 aliphatic heterocycles. The zero-order valence-electron chi connectivity index (χ0n) is 76.8. The van der Waals surface area contributed by atoms with E-state index in [9.17, 15) is 63.0 Å². The average molecular weight is 2320 g/mol. The number of nitrogens with one attached hydrogen (secondary N) is 3. The minimum Gasteiger partial charge on any atom is -0.383 e. The van der Waals surface area contributed by atoms with E-state index in [1.165, 1.54) is 99.6 Å². The minimum absolute atomic E-state index is 0.00743. The molecule has 798 valence electrons. The molecule has 11 aromatic rings. The summed E-state index contributed by atoms with van der Waals surface area (Å²) in [6.07, 6.45) is -14.2. The Morgan fingerprint density at radius 3 is 0.905 bits per heavy atom. The average Bonchev–Trinajstić information content (AvgIpc) is 1.63. The number of nitrogen functional groups attached to an aromatic ring is 5. The van der Waals surface area contributed by atoms with Crippen molar-refractivity contribution in [1.29, 1.82) is 0 Å². The first-order chi connectivity index (χ1) is 69.5. The molecule has 7 saturated heterocycles. The van der Waals surface area contributed by atoms with Crippen molar-refractivity contribution in [2.24, 2.45) is 0 Å². The molecule has 61 nitrogen and oxygen atoms in total. The van der Waals surface area contributed by atoms with E-state index < -0.39 is 249 Å². The van der Waals surface area contributed by atoms with Crippen LogP contribution in [0.5, 0.6) is 0 Å². The number of H-pyrrole nitrogens is 3. The largest absolute Gasteiger partial charge is 0.383 e. The summed E-state index contributed by atoms with van der Waals surface area (Å²) in [6, 6.07) is 0. The number of hydrogen-bond acceptors (Lipinski definition) is 51. The summed E-state index contributed by atoms with van der Waals surface area (Å²) in [5.41, 5.74) is 27.6. The standard InChI is InChI=1S/C72H94N27O34P7S7/c1-6-33-34(7-47(120-33)94-15-31(3)66(100)91-71(94)104)128-135(107,142)114-20-44-38(11-51(124-44)97-27-85-55-60(75)79-24-82-63(55)97)131-139(111,146)116-18-42-36(8-48(121-42)93-14-30(2)58(73)88-70(93)103)129-136(108,143)118-21-45-39(12-52(125-45)98-28-86-56-61(76)80-25-83-64(56)98)132-140(112,147)117-19-43-37(9-49(122-43)95-16-32(4)67(101)92-72(95)105)130-137(109,144)119-22-46-40(13-53(126-46)99-29-87-57-65(99)89-69(77)90-68(57)102)133-138(110,145)115-17-41-35(127-134(106,141)113-5)10-50(123-41)96-26-84-54-59(74)78-23-81-62(54)96/h14-16,23-29,33-53H,6-13,17-22H2,1-5H3,(H,106,141)(H,107,142)(H,108,143)(H,109,144)(H,110,145)(H,111,146)(H,112,147)(H2,73,88,103)(H2,74,78,81)(H2,75,79,82)(H2,76,80,83)(H,91,100,104)(H,92,101,105)(H3,77,89,90,102)/t33-,34-,35-,36-,37-,38-,39-,40-,41-,42-,43-,44-,45-,46-,47-,48-,49-,50-,51-,52-,53-,134?,135?,136?,137?,138?,139?,140?/m1/s1. The molecule has 0 aromatic carbocycles. The molecule has 0 saturated carbocycles. The first kappa shape index (κ1) is 109.